The van der Waals surface area contributed by atoms with Gasteiger partial charge in [0.05, 0.1) is 10.6 Å². The van der Waals surface area contributed by atoms with Gasteiger partial charge in [0.2, 0.25) is 0 Å². The van der Waals surface area contributed by atoms with Gasteiger partial charge < -0.3 is 14.8 Å². The predicted octanol–water partition coefficient (Wildman–Crippen LogP) is 3.89. The molecule has 2 aromatic carbocycles. The first kappa shape index (κ1) is 21.1. The molecule has 162 valence electrons. The van der Waals surface area contributed by atoms with E-state index in [1.54, 1.807) is 50.2 Å². The van der Waals surface area contributed by atoms with Crippen molar-refractivity contribution in [1.29, 1.82) is 0 Å². The molecule has 1 amide bonds. The molecule has 0 unspecified atom stereocenters. The number of carbonyl (C=O) groups excluding carboxylic acids is 1. The van der Waals surface area contributed by atoms with E-state index in [0.717, 1.165) is 16.9 Å². The van der Waals surface area contributed by atoms with Gasteiger partial charge in [0, 0.05) is 11.8 Å². The second-order valence-corrected chi connectivity index (χ2v) is 9.77. The average Bonchev–Trinajstić information content (AvgIpc) is 3.07. The zero-order chi connectivity index (χ0) is 22.2. The molecule has 0 aliphatic carbocycles. The topological polar surface area (TPSA) is 107 Å². The van der Waals surface area contributed by atoms with Crippen molar-refractivity contribution >= 4 is 38.1 Å². The molecule has 0 fully saturated rings. The van der Waals surface area contributed by atoms with Crippen LogP contribution in [0.1, 0.15) is 26.5 Å². The largest absolute Gasteiger partial charge is 0.486 e. The lowest BCUT2D eigenvalue weighted by Gasteiger charge is -2.18. The van der Waals surface area contributed by atoms with Crippen LogP contribution in [-0.2, 0) is 10.0 Å². The second-order valence-electron chi connectivity index (χ2n) is 7.12. The van der Waals surface area contributed by atoms with Gasteiger partial charge >= 0.3 is 0 Å². The van der Waals surface area contributed by atoms with Crippen molar-refractivity contribution in [1.82, 2.24) is 4.98 Å². The third-order valence-corrected chi connectivity index (χ3v) is 7.34. The minimum Gasteiger partial charge on any atom is -0.486 e. The molecule has 0 atom stereocenters. The minimum atomic E-state index is -3.82. The number of amides is 1. The van der Waals surface area contributed by atoms with Gasteiger partial charge in [-0.2, -0.15) is 0 Å². The molecule has 0 spiro atoms. The molecule has 31 heavy (non-hydrogen) atoms. The molecule has 0 bridgehead atoms. The van der Waals surface area contributed by atoms with Gasteiger partial charge in [-0.25, -0.2) is 13.4 Å². The summed E-state index contributed by atoms with van der Waals surface area (Å²) >= 11 is 0.977. The van der Waals surface area contributed by atoms with Crippen LogP contribution in [0.3, 0.4) is 0 Å². The van der Waals surface area contributed by atoms with E-state index in [1.807, 2.05) is 6.92 Å². The molecule has 1 aliphatic heterocycles. The second kappa shape index (κ2) is 8.20. The van der Waals surface area contributed by atoms with Crippen LogP contribution >= 0.6 is 11.3 Å². The summed E-state index contributed by atoms with van der Waals surface area (Å²) in [5.41, 5.74) is 2.58. The highest BCUT2D eigenvalue weighted by Gasteiger charge is 2.22. The normalized spacial score (nSPS) is 13.0. The lowest BCUT2D eigenvalue weighted by atomic mass is 10.2. The molecule has 3 aromatic rings. The maximum atomic E-state index is 12.8. The lowest BCUT2D eigenvalue weighted by molar-refractivity contribution is 0.102. The number of rotatable bonds is 5. The summed E-state index contributed by atoms with van der Waals surface area (Å²) < 4.78 is 39.0. The molecule has 0 saturated heterocycles. The van der Waals surface area contributed by atoms with Crippen molar-refractivity contribution in [2.24, 2.45) is 0 Å². The van der Waals surface area contributed by atoms with Gasteiger partial charge in [0.1, 0.15) is 18.1 Å². The molecule has 1 aliphatic rings. The number of fused-ring (bicyclic) bond motifs is 1. The van der Waals surface area contributed by atoms with Gasteiger partial charge in [-0.3, -0.25) is 9.52 Å². The standard InChI is InChI=1S/C21H21N3O5S2/c1-12-4-7-18(13(2)10-12)31(26,27)24-21-22-14(3)19(30-21)20(25)23-15-5-6-16-17(11-15)29-9-8-28-16/h4-7,10-11H,8-9H2,1-3H3,(H,22,24)(H,23,25). The number of hydrogen-bond donors (Lipinski definition) is 2. The fourth-order valence-electron chi connectivity index (χ4n) is 3.23. The van der Waals surface area contributed by atoms with Crippen molar-refractivity contribution in [3.63, 3.8) is 0 Å². The summed E-state index contributed by atoms with van der Waals surface area (Å²) in [4.78, 5) is 17.5. The predicted molar refractivity (Wildman–Crippen MR) is 119 cm³/mol. The molecule has 1 aromatic heterocycles. The van der Waals surface area contributed by atoms with Gasteiger partial charge in [-0.05, 0) is 44.5 Å². The summed E-state index contributed by atoms with van der Waals surface area (Å²) in [5, 5.41) is 2.92. The quantitative estimate of drug-likeness (QED) is 0.599. The molecule has 0 saturated carbocycles. The third kappa shape index (κ3) is 4.49. The Hall–Kier alpha value is -3.11. The van der Waals surface area contributed by atoms with Crippen LogP contribution in [0, 0.1) is 20.8 Å². The van der Waals surface area contributed by atoms with E-state index in [0.29, 0.717) is 46.5 Å². The Morgan fingerprint density at radius 2 is 1.77 bits per heavy atom. The van der Waals surface area contributed by atoms with Gasteiger partial charge in [-0.1, -0.05) is 29.0 Å². The molecule has 10 heteroatoms. The number of benzene rings is 2. The number of aryl methyl sites for hydroxylation is 3. The number of nitrogens with zero attached hydrogens (tertiary/aromatic N) is 1. The number of anilines is 2. The summed E-state index contributed by atoms with van der Waals surface area (Å²) in [6.07, 6.45) is 0. The summed E-state index contributed by atoms with van der Waals surface area (Å²) in [5.74, 6) is 0.803. The lowest BCUT2D eigenvalue weighted by Crippen LogP contribution is -2.16. The monoisotopic (exact) mass is 459 g/mol. The Balaban J connectivity index is 1.52. The first-order valence-electron chi connectivity index (χ1n) is 9.51. The van der Waals surface area contributed by atoms with Crippen LogP contribution < -0.4 is 19.5 Å². The highest BCUT2D eigenvalue weighted by atomic mass is 32.2. The molecule has 4 rings (SSSR count). The minimum absolute atomic E-state index is 0.129. The van der Waals surface area contributed by atoms with E-state index in [4.69, 9.17) is 9.47 Å². The van der Waals surface area contributed by atoms with E-state index in [-0.39, 0.29) is 15.9 Å². The number of carbonyl (C=O) groups is 1. The van der Waals surface area contributed by atoms with Crippen molar-refractivity contribution in [2.45, 2.75) is 25.7 Å². The SMILES string of the molecule is Cc1ccc(S(=O)(=O)Nc2nc(C)c(C(=O)Nc3ccc4c(c3)OCCO4)s2)c(C)c1. The summed E-state index contributed by atoms with van der Waals surface area (Å²) in [7, 11) is -3.82. The fourth-order valence-corrected chi connectivity index (χ4v) is 5.55. The third-order valence-electron chi connectivity index (χ3n) is 4.64. The number of ether oxygens (including phenoxy) is 2. The van der Waals surface area contributed by atoms with Crippen molar-refractivity contribution in [3.05, 3.63) is 58.1 Å². The number of aromatic nitrogens is 1. The molecule has 0 radical (unpaired) electrons. The first-order valence-corrected chi connectivity index (χ1v) is 11.8. The maximum absolute atomic E-state index is 12.8. The fraction of sp³-hybridized carbons (Fsp3) is 0.238. The van der Waals surface area contributed by atoms with E-state index < -0.39 is 10.0 Å². The molecule has 2 heterocycles. The van der Waals surface area contributed by atoms with Crippen molar-refractivity contribution in [3.8, 4) is 11.5 Å². The van der Waals surface area contributed by atoms with Crippen LogP contribution in [0.15, 0.2) is 41.3 Å². The zero-order valence-corrected chi connectivity index (χ0v) is 18.8. The van der Waals surface area contributed by atoms with Crippen LogP contribution in [0.5, 0.6) is 11.5 Å². The Kier molecular flexibility index (Phi) is 5.59. The number of thiazole rings is 1. The van der Waals surface area contributed by atoms with Gasteiger partial charge in [-0.15, -0.1) is 0 Å². The molecular weight excluding hydrogens is 438 g/mol. The Labute approximate surface area is 184 Å². The van der Waals surface area contributed by atoms with Gasteiger partial charge in [0.15, 0.2) is 16.6 Å². The van der Waals surface area contributed by atoms with Gasteiger partial charge in [0.25, 0.3) is 15.9 Å². The van der Waals surface area contributed by atoms with Crippen LogP contribution in [0.2, 0.25) is 0 Å². The maximum Gasteiger partial charge on any atom is 0.267 e. The van der Waals surface area contributed by atoms with Crippen LogP contribution in [-0.4, -0.2) is 32.5 Å². The van der Waals surface area contributed by atoms with Crippen molar-refractivity contribution < 1.29 is 22.7 Å². The number of sulfonamides is 1. The van der Waals surface area contributed by atoms with E-state index in [9.17, 15) is 13.2 Å². The molecular formula is C21H21N3O5S2. The first-order chi connectivity index (χ1) is 14.7. The molecule has 2 N–H and O–H groups in total. The Morgan fingerprint density at radius 1 is 1.03 bits per heavy atom. The van der Waals surface area contributed by atoms with Crippen LogP contribution in [0.4, 0.5) is 10.8 Å². The Bertz CT molecular complexity index is 1270. The Morgan fingerprint density at radius 3 is 2.52 bits per heavy atom. The van der Waals surface area contributed by atoms with E-state index >= 15 is 0 Å². The highest BCUT2D eigenvalue weighted by Crippen LogP contribution is 2.33. The number of nitrogens with one attached hydrogen (secondary N) is 2. The zero-order valence-electron chi connectivity index (χ0n) is 17.2. The summed E-state index contributed by atoms with van der Waals surface area (Å²) in [6.45, 7) is 6.22. The highest BCUT2D eigenvalue weighted by molar-refractivity contribution is 7.93. The average molecular weight is 460 g/mol. The van der Waals surface area contributed by atoms with Crippen molar-refractivity contribution in [2.75, 3.05) is 23.3 Å². The molecule has 8 nitrogen and oxygen atoms in total. The van der Waals surface area contributed by atoms with Crippen LogP contribution in [0.25, 0.3) is 0 Å². The number of hydrogen-bond acceptors (Lipinski definition) is 7. The smallest absolute Gasteiger partial charge is 0.267 e. The summed E-state index contributed by atoms with van der Waals surface area (Å²) in [6, 6.07) is 10.2. The van der Waals surface area contributed by atoms with E-state index in [1.165, 1.54) is 0 Å². The van der Waals surface area contributed by atoms with E-state index in [2.05, 4.69) is 15.0 Å².